The van der Waals surface area contributed by atoms with Crippen molar-refractivity contribution in [3.63, 3.8) is 0 Å². The molecule has 4 aromatic carbocycles. The van der Waals surface area contributed by atoms with Gasteiger partial charge in [-0.15, -0.1) is 0 Å². The van der Waals surface area contributed by atoms with E-state index in [2.05, 4.69) is 0 Å². The second-order valence-corrected chi connectivity index (χ2v) is 8.04. The monoisotopic (exact) mass is 445 g/mol. The maximum absolute atomic E-state index is 14.6. The molecular formula is C28H18BF2N3. The van der Waals surface area contributed by atoms with E-state index in [0.29, 0.717) is 22.5 Å². The molecule has 6 heteroatoms. The highest BCUT2D eigenvalue weighted by Crippen LogP contribution is 2.40. The number of halogens is 2. The lowest BCUT2D eigenvalue weighted by Gasteiger charge is -2.09. The first kappa shape index (κ1) is 20.3. The Bertz CT molecular complexity index is 1570. The normalized spacial score (nSPS) is 13.8. The standard InChI is InChI=1S/C28H18BF2N3/c30-29(31)34-26(20-13-5-2-6-14-20)22-16-8-10-18-24(22)28(34)33-27-23-17-9-7-15-21(23)25(32-27)19-11-3-1-4-12-19/h1-18H/b33-27+. The summed E-state index contributed by atoms with van der Waals surface area (Å²) in [5, 5.41) is 1.39. The molecule has 6 rings (SSSR count). The number of aliphatic imine (C=N–C) groups is 2. The molecular weight excluding hydrogens is 427 g/mol. The lowest BCUT2D eigenvalue weighted by Crippen LogP contribution is -2.14. The van der Waals surface area contributed by atoms with Crippen LogP contribution in [0.1, 0.15) is 16.7 Å². The molecule has 1 aromatic heterocycles. The summed E-state index contributed by atoms with van der Waals surface area (Å²) in [6.07, 6.45) is 0. The second kappa shape index (κ2) is 8.23. The molecule has 0 N–H and O–H groups in total. The summed E-state index contributed by atoms with van der Waals surface area (Å²) in [6.45, 7) is 0. The number of rotatable bonds is 4. The zero-order chi connectivity index (χ0) is 23.1. The van der Waals surface area contributed by atoms with Crippen LogP contribution in [0, 0.1) is 0 Å². The summed E-state index contributed by atoms with van der Waals surface area (Å²) in [6, 6.07) is 34.3. The van der Waals surface area contributed by atoms with E-state index in [4.69, 9.17) is 9.98 Å². The number of aromatic nitrogens is 1. The fourth-order valence-electron chi connectivity index (χ4n) is 4.56. The third kappa shape index (κ3) is 3.27. The molecule has 0 fully saturated rings. The number of nitrogens with zero attached hydrogens (tertiary/aromatic N) is 3. The summed E-state index contributed by atoms with van der Waals surface area (Å²) >= 11 is 0. The molecule has 0 atom stereocenters. The highest BCUT2D eigenvalue weighted by molar-refractivity contribution is 6.44. The molecule has 34 heavy (non-hydrogen) atoms. The molecule has 0 amide bonds. The summed E-state index contributed by atoms with van der Waals surface area (Å²) in [4.78, 5) is 9.60. The van der Waals surface area contributed by atoms with Crippen LogP contribution < -0.4 is 0 Å². The largest absolute Gasteiger partial charge is 0.679 e. The molecule has 0 saturated heterocycles. The third-order valence-corrected chi connectivity index (χ3v) is 6.03. The molecule has 1 aliphatic rings. The molecule has 0 bridgehead atoms. The minimum atomic E-state index is -2.77. The Balaban J connectivity index is 1.63. The highest BCUT2D eigenvalue weighted by atomic mass is 19.2. The van der Waals surface area contributed by atoms with E-state index in [1.165, 1.54) is 0 Å². The molecule has 162 valence electrons. The Morgan fingerprint density at radius 1 is 0.618 bits per heavy atom. The van der Waals surface area contributed by atoms with Crippen LogP contribution >= 0.6 is 0 Å². The second-order valence-electron chi connectivity index (χ2n) is 8.04. The van der Waals surface area contributed by atoms with E-state index < -0.39 is 7.40 Å². The van der Waals surface area contributed by atoms with Gasteiger partial charge in [-0.3, -0.25) is 8.63 Å². The number of hydrogen-bond acceptors (Lipinski definition) is 1. The fraction of sp³-hybridized carbons (Fsp3) is 0. The molecule has 1 aliphatic heterocycles. The molecule has 0 radical (unpaired) electrons. The Morgan fingerprint density at radius 3 is 1.85 bits per heavy atom. The van der Waals surface area contributed by atoms with Crippen LogP contribution in [0.15, 0.2) is 119 Å². The molecule has 5 aromatic rings. The molecule has 0 unspecified atom stereocenters. The van der Waals surface area contributed by atoms with Gasteiger partial charge in [-0.2, -0.15) is 0 Å². The van der Waals surface area contributed by atoms with Crippen LogP contribution in [0.4, 0.5) is 14.4 Å². The van der Waals surface area contributed by atoms with Gasteiger partial charge in [0.25, 0.3) is 0 Å². The van der Waals surface area contributed by atoms with E-state index >= 15 is 0 Å². The van der Waals surface area contributed by atoms with Crippen molar-refractivity contribution in [2.45, 2.75) is 0 Å². The Hall–Kier alpha value is -4.32. The summed E-state index contributed by atoms with van der Waals surface area (Å²) in [5.74, 6) is 0.631. The average molecular weight is 445 g/mol. The van der Waals surface area contributed by atoms with Gasteiger partial charge < -0.3 is 4.48 Å². The zero-order valence-electron chi connectivity index (χ0n) is 18.1. The summed E-state index contributed by atoms with van der Waals surface area (Å²) < 4.78 is 30.2. The average Bonchev–Trinajstić information content (AvgIpc) is 3.42. The van der Waals surface area contributed by atoms with E-state index in [-0.39, 0.29) is 5.82 Å². The quantitative estimate of drug-likeness (QED) is 0.267. The molecule has 0 spiro atoms. The van der Waals surface area contributed by atoms with Crippen molar-refractivity contribution in [2.75, 3.05) is 0 Å². The van der Waals surface area contributed by atoms with Crippen LogP contribution in [0.3, 0.4) is 0 Å². The maximum Gasteiger partial charge on any atom is 0.679 e. The van der Waals surface area contributed by atoms with Gasteiger partial charge in [0.1, 0.15) is 5.82 Å². The predicted molar refractivity (Wildman–Crippen MR) is 135 cm³/mol. The van der Waals surface area contributed by atoms with Gasteiger partial charge in [-0.05, 0) is 5.56 Å². The van der Waals surface area contributed by atoms with Crippen LogP contribution in [0.25, 0.3) is 22.0 Å². The predicted octanol–water partition coefficient (Wildman–Crippen LogP) is 7.01. The summed E-state index contributed by atoms with van der Waals surface area (Å²) in [5.41, 5.74) is 4.68. The molecule has 0 saturated carbocycles. The van der Waals surface area contributed by atoms with Crippen molar-refractivity contribution >= 4 is 35.5 Å². The van der Waals surface area contributed by atoms with Crippen LogP contribution in [-0.4, -0.2) is 23.4 Å². The van der Waals surface area contributed by atoms with Crippen molar-refractivity contribution < 1.29 is 8.63 Å². The number of benzene rings is 4. The lowest BCUT2D eigenvalue weighted by molar-refractivity contribution is 0.633. The third-order valence-electron chi connectivity index (χ3n) is 6.03. The Morgan fingerprint density at radius 2 is 1.18 bits per heavy atom. The highest BCUT2D eigenvalue weighted by Gasteiger charge is 2.30. The van der Waals surface area contributed by atoms with Crippen molar-refractivity contribution in [3.05, 3.63) is 126 Å². The van der Waals surface area contributed by atoms with Crippen LogP contribution in [-0.2, 0) is 0 Å². The first-order valence-corrected chi connectivity index (χ1v) is 11.0. The SMILES string of the molecule is FB(F)n1c(/N=C2/N=C(c3ccccc3)c3ccccc32)c2ccccc2c1-c1ccccc1. The lowest BCUT2D eigenvalue weighted by atomic mass is 10.0. The van der Waals surface area contributed by atoms with E-state index in [0.717, 1.165) is 32.3 Å². The fourth-order valence-corrected chi connectivity index (χ4v) is 4.56. The zero-order valence-corrected chi connectivity index (χ0v) is 18.1. The van der Waals surface area contributed by atoms with E-state index in [1.54, 1.807) is 0 Å². The van der Waals surface area contributed by atoms with Gasteiger partial charge in [-0.1, -0.05) is 109 Å². The van der Waals surface area contributed by atoms with E-state index in [9.17, 15) is 8.63 Å². The van der Waals surface area contributed by atoms with Gasteiger partial charge >= 0.3 is 7.40 Å². The van der Waals surface area contributed by atoms with Gasteiger partial charge in [-0.25, -0.2) is 9.98 Å². The first-order chi connectivity index (χ1) is 16.7. The number of hydrogen-bond donors (Lipinski definition) is 0. The van der Waals surface area contributed by atoms with Crippen molar-refractivity contribution in [3.8, 4) is 11.3 Å². The van der Waals surface area contributed by atoms with Crippen molar-refractivity contribution in [2.24, 2.45) is 9.98 Å². The first-order valence-electron chi connectivity index (χ1n) is 11.0. The molecule has 3 nitrogen and oxygen atoms in total. The smallest absolute Gasteiger partial charge is 0.309 e. The van der Waals surface area contributed by atoms with Crippen molar-refractivity contribution in [1.29, 1.82) is 0 Å². The number of fused-ring (bicyclic) bond motifs is 2. The van der Waals surface area contributed by atoms with Gasteiger partial charge in [0, 0.05) is 27.5 Å². The minimum absolute atomic E-state index is 0.201. The van der Waals surface area contributed by atoms with Gasteiger partial charge in [0.2, 0.25) is 0 Å². The minimum Gasteiger partial charge on any atom is -0.309 e. The number of amidine groups is 1. The van der Waals surface area contributed by atoms with Gasteiger partial charge in [0.05, 0.1) is 11.4 Å². The molecule has 2 heterocycles. The van der Waals surface area contributed by atoms with Crippen molar-refractivity contribution in [1.82, 2.24) is 4.48 Å². The van der Waals surface area contributed by atoms with Crippen LogP contribution in [0.2, 0.25) is 0 Å². The van der Waals surface area contributed by atoms with Crippen LogP contribution in [0.5, 0.6) is 0 Å². The topological polar surface area (TPSA) is 29.6 Å². The maximum atomic E-state index is 14.6. The van der Waals surface area contributed by atoms with E-state index in [1.807, 2.05) is 109 Å². The Labute approximate surface area is 195 Å². The summed E-state index contributed by atoms with van der Waals surface area (Å²) in [7, 11) is -2.77. The van der Waals surface area contributed by atoms with Gasteiger partial charge in [0.15, 0.2) is 5.84 Å². The Kier molecular flexibility index (Phi) is 4.91. The molecule has 0 aliphatic carbocycles.